The second kappa shape index (κ2) is 6.02. The normalized spacial score (nSPS) is 18.5. The average Bonchev–Trinajstić information content (AvgIpc) is 2.72. The van der Waals surface area contributed by atoms with Gasteiger partial charge in [-0.1, -0.05) is 11.6 Å². The molecule has 1 aromatic carbocycles. The van der Waals surface area contributed by atoms with E-state index < -0.39 is 12.0 Å². The summed E-state index contributed by atoms with van der Waals surface area (Å²) in [6, 6.07) is 5.69. The van der Waals surface area contributed by atoms with Gasteiger partial charge in [0.25, 0.3) is 5.91 Å². The second-order valence-corrected chi connectivity index (χ2v) is 4.69. The molecular weight excluding hydrogens is 284 g/mol. The lowest BCUT2D eigenvalue weighted by Crippen LogP contribution is -2.41. The Kier molecular flexibility index (Phi) is 4.36. The van der Waals surface area contributed by atoms with E-state index in [1.807, 2.05) is 0 Å². The Balaban J connectivity index is 2.09. The molecule has 0 aliphatic carbocycles. The summed E-state index contributed by atoms with van der Waals surface area (Å²) in [7, 11) is 1.26. The summed E-state index contributed by atoms with van der Waals surface area (Å²) >= 11 is 5.77. The van der Waals surface area contributed by atoms with Gasteiger partial charge in [0, 0.05) is 5.02 Å². The van der Waals surface area contributed by atoms with Crippen LogP contribution in [0.5, 0.6) is 0 Å². The number of nitrogens with zero attached hydrogens (tertiary/aromatic N) is 1. The summed E-state index contributed by atoms with van der Waals surface area (Å²) in [5, 5.41) is 3.23. The van der Waals surface area contributed by atoms with E-state index in [0.717, 1.165) is 4.90 Å². The second-order valence-electron chi connectivity index (χ2n) is 4.26. The van der Waals surface area contributed by atoms with Crippen LogP contribution in [-0.2, 0) is 19.1 Å². The van der Waals surface area contributed by atoms with Crippen molar-refractivity contribution in [3.8, 4) is 0 Å². The molecule has 0 radical (unpaired) electrons. The Morgan fingerprint density at radius 1 is 1.40 bits per heavy atom. The lowest BCUT2D eigenvalue weighted by atomic mass is 10.2. The van der Waals surface area contributed by atoms with Gasteiger partial charge in [0.1, 0.15) is 0 Å². The van der Waals surface area contributed by atoms with Crippen molar-refractivity contribution in [2.45, 2.75) is 12.5 Å². The minimum atomic E-state index is -0.711. The number of methoxy groups -OCH3 is 1. The molecular formula is C13H13ClN2O4. The van der Waals surface area contributed by atoms with Gasteiger partial charge in [-0.2, -0.15) is 0 Å². The number of halogens is 1. The zero-order valence-corrected chi connectivity index (χ0v) is 11.5. The number of imide groups is 1. The van der Waals surface area contributed by atoms with Crippen molar-refractivity contribution in [1.82, 2.24) is 5.32 Å². The highest BCUT2D eigenvalue weighted by atomic mass is 35.5. The van der Waals surface area contributed by atoms with E-state index in [1.54, 1.807) is 24.3 Å². The zero-order valence-electron chi connectivity index (χ0n) is 10.8. The molecule has 1 aliphatic rings. The van der Waals surface area contributed by atoms with E-state index in [-0.39, 0.29) is 24.8 Å². The number of ether oxygens (including phenoxy) is 1. The maximum atomic E-state index is 12.2. The van der Waals surface area contributed by atoms with Crippen LogP contribution in [0.2, 0.25) is 5.02 Å². The summed E-state index contributed by atoms with van der Waals surface area (Å²) in [6.45, 7) is -0.116. The molecule has 0 saturated carbocycles. The van der Waals surface area contributed by atoms with Crippen LogP contribution < -0.4 is 10.2 Å². The van der Waals surface area contributed by atoms with Crippen LogP contribution in [0, 0.1) is 0 Å². The molecule has 7 heteroatoms. The Labute approximate surface area is 120 Å². The summed E-state index contributed by atoms with van der Waals surface area (Å²) in [5.41, 5.74) is 0.465. The lowest BCUT2D eigenvalue weighted by molar-refractivity contribution is -0.139. The van der Waals surface area contributed by atoms with Crippen molar-refractivity contribution >= 4 is 35.1 Å². The highest BCUT2D eigenvalue weighted by Crippen LogP contribution is 2.24. The molecule has 1 aromatic rings. The van der Waals surface area contributed by atoms with Crippen LogP contribution >= 0.6 is 11.6 Å². The number of carbonyl (C=O) groups is 3. The van der Waals surface area contributed by atoms with E-state index in [2.05, 4.69) is 10.1 Å². The van der Waals surface area contributed by atoms with Crippen LogP contribution in [-0.4, -0.2) is 37.5 Å². The van der Waals surface area contributed by atoms with Crippen molar-refractivity contribution in [2.75, 3.05) is 18.6 Å². The molecule has 0 bridgehead atoms. The molecule has 1 atom stereocenters. The summed E-state index contributed by atoms with van der Waals surface area (Å²) < 4.78 is 4.47. The smallest absolute Gasteiger partial charge is 0.319 e. The summed E-state index contributed by atoms with van der Waals surface area (Å²) in [5.74, 6) is -1.20. The highest BCUT2D eigenvalue weighted by Gasteiger charge is 2.39. The summed E-state index contributed by atoms with van der Waals surface area (Å²) in [4.78, 5) is 36.2. The van der Waals surface area contributed by atoms with Crippen LogP contribution in [0.3, 0.4) is 0 Å². The van der Waals surface area contributed by atoms with Crippen LogP contribution in [0.15, 0.2) is 24.3 Å². The first-order valence-corrected chi connectivity index (χ1v) is 6.33. The first kappa shape index (κ1) is 14.5. The third-order valence-corrected chi connectivity index (χ3v) is 3.20. The SMILES string of the molecule is COC(=O)CNC1CC(=O)N(c2ccc(Cl)cc2)C1=O. The molecule has 1 fully saturated rings. The molecule has 1 N–H and O–H groups in total. The highest BCUT2D eigenvalue weighted by molar-refractivity contribution is 6.30. The van der Waals surface area contributed by atoms with Gasteiger partial charge in [0.05, 0.1) is 31.8 Å². The number of amides is 2. The molecule has 106 valence electrons. The first-order chi connectivity index (χ1) is 9.52. The van der Waals surface area contributed by atoms with E-state index in [9.17, 15) is 14.4 Å². The minimum Gasteiger partial charge on any atom is -0.468 e. The summed E-state index contributed by atoms with van der Waals surface area (Å²) in [6.07, 6.45) is 0.0124. The maximum Gasteiger partial charge on any atom is 0.319 e. The van der Waals surface area contributed by atoms with E-state index in [1.165, 1.54) is 7.11 Å². The Hall–Kier alpha value is -1.92. The quantitative estimate of drug-likeness (QED) is 0.655. The fourth-order valence-corrected chi connectivity index (χ4v) is 2.06. The number of hydrogen-bond acceptors (Lipinski definition) is 5. The molecule has 1 saturated heterocycles. The lowest BCUT2D eigenvalue weighted by Gasteiger charge is -2.15. The van der Waals surface area contributed by atoms with Gasteiger partial charge >= 0.3 is 5.97 Å². The van der Waals surface area contributed by atoms with Gasteiger partial charge in [0.15, 0.2) is 0 Å². The standard InChI is InChI=1S/C13H13ClN2O4/c1-20-12(18)7-15-10-6-11(17)16(13(10)19)9-4-2-8(14)3-5-9/h2-5,10,15H,6-7H2,1H3. The van der Waals surface area contributed by atoms with Crippen molar-refractivity contribution in [3.63, 3.8) is 0 Å². The number of carbonyl (C=O) groups excluding carboxylic acids is 3. The van der Waals surface area contributed by atoms with Gasteiger partial charge in [-0.05, 0) is 24.3 Å². The molecule has 2 amide bonds. The molecule has 0 aromatic heterocycles. The van der Waals surface area contributed by atoms with Gasteiger partial charge in [0.2, 0.25) is 5.91 Å². The van der Waals surface area contributed by atoms with Crippen molar-refractivity contribution in [3.05, 3.63) is 29.3 Å². The van der Waals surface area contributed by atoms with Crippen molar-refractivity contribution in [1.29, 1.82) is 0 Å². The Morgan fingerprint density at radius 2 is 2.05 bits per heavy atom. The number of hydrogen-bond donors (Lipinski definition) is 1. The van der Waals surface area contributed by atoms with Crippen molar-refractivity contribution < 1.29 is 19.1 Å². The third kappa shape index (κ3) is 2.97. The molecule has 1 unspecified atom stereocenters. The predicted octanol–water partition coefficient (Wildman–Crippen LogP) is 0.734. The topological polar surface area (TPSA) is 75.7 Å². The molecule has 20 heavy (non-hydrogen) atoms. The van der Waals surface area contributed by atoms with Crippen molar-refractivity contribution in [2.24, 2.45) is 0 Å². The van der Waals surface area contributed by atoms with Crippen LogP contribution in [0.1, 0.15) is 6.42 Å². The number of benzene rings is 1. The predicted molar refractivity (Wildman–Crippen MR) is 72.4 cm³/mol. The monoisotopic (exact) mass is 296 g/mol. The Bertz CT molecular complexity index is 544. The van der Waals surface area contributed by atoms with Gasteiger partial charge in [-0.3, -0.25) is 19.7 Å². The molecule has 1 heterocycles. The third-order valence-electron chi connectivity index (χ3n) is 2.95. The van der Waals surface area contributed by atoms with E-state index in [4.69, 9.17) is 11.6 Å². The molecule has 1 aliphatic heterocycles. The van der Waals surface area contributed by atoms with Crippen LogP contribution in [0.25, 0.3) is 0 Å². The van der Waals surface area contributed by atoms with E-state index in [0.29, 0.717) is 10.7 Å². The molecule has 2 rings (SSSR count). The van der Waals surface area contributed by atoms with Gasteiger partial charge in [-0.25, -0.2) is 4.90 Å². The molecule has 0 spiro atoms. The minimum absolute atomic E-state index is 0.0124. The Morgan fingerprint density at radius 3 is 2.65 bits per heavy atom. The van der Waals surface area contributed by atoms with Crippen LogP contribution in [0.4, 0.5) is 5.69 Å². The maximum absolute atomic E-state index is 12.2. The number of nitrogens with one attached hydrogen (secondary N) is 1. The van der Waals surface area contributed by atoms with Gasteiger partial charge in [-0.15, -0.1) is 0 Å². The van der Waals surface area contributed by atoms with E-state index >= 15 is 0 Å². The van der Waals surface area contributed by atoms with Gasteiger partial charge < -0.3 is 4.74 Å². The number of anilines is 1. The number of esters is 1. The average molecular weight is 297 g/mol. The number of rotatable bonds is 4. The zero-order chi connectivity index (χ0) is 14.7. The first-order valence-electron chi connectivity index (χ1n) is 5.95. The fourth-order valence-electron chi connectivity index (χ4n) is 1.93. The fraction of sp³-hybridized carbons (Fsp3) is 0.308. The largest absolute Gasteiger partial charge is 0.468 e. The molecule has 6 nitrogen and oxygen atoms in total.